The van der Waals surface area contributed by atoms with Crippen LogP contribution >= 0.6 is 11.3 Å². The van der Waals surface area contributed by atoms with E-state index in [-0.39, 0.29) is 17.6 Å². The highest BCUT2D eigenvalue weighted by Gasteiger charge is 2.26. The summed E-state index contributed by atoms with van der Waals surface area (Å²) in [7, 11) is 0. The fourth-order valence-electron chi connectivity index (χ4n) is 5.05. The van der Waals surface area contributed by atoms with E-state index < -0.39 is 6.10 Å². The lowest BCUT2D eigenvalue weighted by Crippen LogP contribution is -2.46. The number of ketones is 1. The first-order chi connectivity index (χ1) is 18.5. The van der Waals surface area contributed by atoms with Gasteiger partial charge in [0.2, 0.25) is 5.78 Å². The number of esters is 1. The highest BCUT2D eigenvalue weighted by atomic mass is 32.1. The highest BCUT2D eigenvalue weighted by Crippen LogP contribution is 2.27. The third-order valence-electron chi connectivity index (χ3n) is 7.15. The lowest BCUT2D eigenvalue weighted by Gasteiger charge is -2.29. The molecular formula is C29H32FN4O3S+. The molecular weight excluding hydrogens is 503 g/mol. The number of carbonyl (C=O) groups excluding carboxylic acids is 2. The molecule has 5 rings (SSSR count). The number of thiazole rings is 1. The maximum absolute atomic E-state index is 13.5. The van der Waals surface area contributed by atoms with Gasteiger partial charge in [-0.1, -0.05) is 13.0 Å². The Morgan fingerprint density at radius 2 is 2.03 bits per heavy atom. The number of piperidine rings is 1. The fraction of sp³-hybridized carbons (Fsp3) is 0.379. The molecule has 198 valence electrons. The Hall–Kier alpha value is -3.43. The number of aromatic nitrogens is 3. The van der Waals surface area contributed by atoms with Gasteiger partial charge in [-0.15, -0.1) is 11.3 Å². The van der Waals surface area contributed by atoms with Crippen LogP contribution in [-0.4, -0.2) is 46.3 Å². The highest BCUT2D eigenvalue weighted by molar-refractivity contribution is 7.12. The molecule has 7 nitrogen and oxygen atoms in total. The SMILES string of the molecule is CC[C@H](OC(=O)CCCN1CCC([n+]2ccccc2)CC1)c1csc(C(=O)c2c[nH]c3cc(F)ccc23)n1. The van der Waals surface area contributed by atoms with Crippen LogP contribution in [0.15, 0.2) is 60.4 Å². The van der Waals surface area contributed by atoms with Crippen molar-refractivity contribution in [2.45, 2.75) is 51.2 Å². The van der Waals surface area contributed by atoms with Crippen molar-refractivity contribution < 1.29 is 23.3 Å². The van der Waals surface area contributed by atoms with E-state index in [2.05, 4.69) is 44.0 Å². The average molecular weight is 536 g/mol. The average Bonchev–Trinajstić information content (AvgIpc) is 3.60. The van der Waals surface area contributed by atoms with Crippen molar-refractivity contribution in [3.8, 4) is 0 Å². The Morgan fingerprint density at radius 1 is 1.24 bits per heavy atom. The molecule has 3 aromatic heterocycles. The molecule has 9 heteroatoms. The molecule has 0 aliphatic carbocycles. The minimum Gasteiger partial charge on any atom is -0.456 e. The summed E-state index contributed by atoms with van der Waals surface area (Å²) >= 11 is 1.23. The van der Waals surface area contributed by atoms with Crippen LogP contribution in [-0.2, 0) is 9.53 Å². The molecule has 0 radical (unpaired) electrons. The Balaban J connectivity index is 1.10. The van der Waals surface area contributed by atoms with E-state index in [4.69, 9.17) is 4.74 Å². The number of benzene rings is 1. The van der Waals surface area contributed by atoms with E-state index in [1.54, 1.807) is 17.6 Å². The number of nitrogens with one attached hydrogen (secondary N) is 1. The summed E-state index contributed by atoms with van der Waals surface area (Å²) in [6, 6.07) is 11.0. The Bertz CT molecular complexity index is 1400. The lowest BCUT2D eigenvalue weighted by atomic mass is 10.0. The number of hydrogen-bond donors (Lipinski definition) is 1. The number of fused-ring (bicyclic) bond motifs is 1. The first-order valence-electron chi connectivity index (χ1n) is 13.2. The number of ether oxygens (including phenoxy) is 1. The lowest BCUT2D eigenvalue weighted by molar-refractivity contribution is -0.725. The molecule has 1 atom stereocenters. The summed E-state index contributed by atoms with van der Waals surface area (Å²) in [6.07, 6.45) is 9.24. The molecule has 1 aromatic carbocycles. The number of carbonyl (C=O) groups is 2. The number of hydrogen-bond acceptors (Lipinski definition) is 6. The van der Waals surface area contributed by atoms with Crippen LogP contribution in [0.5, 0.6) is 0 Å². The molecule has 1 saturated heterocycles. The van der Waals surface area contributed by atoms with Gasteiger partial charge in [0.1, 0.15) is 11.9 Å². The van der Waals surface area contributed by atoms with Crippen LogP contribution in [0.1, 0.15) is 72.2 Å². The maximum Gasteiger partial charge on any atom is 0.306 e. The molecule has 4 heterocycles. The second-order valence-electron chi connectivity index (χ2n) is 9.68. The van der Waals surface area contributed by atoms with Crippen molar-refractivity contribution in [2.24, 2.45) is 0 Å². The van der Waals surface area contributed by atoms with Gasteiger partial charge in [-0.05, 0) is 37.6 Å². The predicted octanol–water partition coefficient (Wildman–Crippen LogP) is 5.39. The van der Waals surface area contributed by atoms with Crippen molar-refractivity contribution in [3.63, 3.8) is 0 Å². The summed E-state index contributed by atoms with van der Waals surface area (Å²) in [5, 5.41) is 2.74. The minimum absolute atomic E-state index is 0.241. The standard InChI is InChI=1S/C29H31FN4O3S/c1-2-26(25-19-38-29(32-25)28(36)23-18-31-24-17-20(30)8-9-22(23)24)37-27(35)7-6-12-33-15-10-21(11-16-33)34-13-4-3-5-14-34/h3-5,8-9,13-14,17-19,21,26H,2,6-7,10-12,15-16H2,1H3/p+1/t26-/m0/s1. The number of nitrogens with zero attached hydrogens (tertiary/aromatic N) is 3. The second kappa shape index (κ2) is 12.0. The zero-order valence-corrected chi connectivity index (χ0v) is 22.3. The van der Waals surface area contributed by atoms with Gasteiger partial charge in [-0.3, -0.25) is 9.59 Å². The Labute approximate surface area is 225 Å². The van der Waals surface area contributed by atoms with Crippen molar-refractivity contribution in [2.75, 3.05) is 19.6 Å². The summed E-state index contributed by atoms with van der Waals surface area (Å²) in [6.45, 7) is 4.87. The third kappa shape index (κ3) is 6.00. The Morgan fingerprint density at radius 3 is 2.79 bits per heavy atom. The maximum atomic E-state index is 13.5. The monoisotopic (exact) mass is 535 g/mol. The van der Waals surface area contributed by atoms with E-state index >= 15 is 0 Å². The molecule has 1 aliphatic heterocycles. The number of aromatic amines is 1. The van der Waals surface area contributed by atoms with Crippen molar-refractivity contribution >= 4 is 34.0 Å². The zero-order chi connectivity index (χ0) is 26.5. The van der Waals surface area contributed by atoms with Gasteiger partial charge in [0.25, 0.3) is 0 Å². The zero-order valence-electron chi connectivity index (χ0n) is 21.4. The summed E-state index contributed by atoms with van der Waals surface area (Å²) < 4.78 is 21.5. The van der Waals surface area contributed by atoms with Gasteiger partial charge >= 0.3 is 5.97 Å². The topological polar surface area (TPSA) is 79.2 Å². The first-order valence-corrected chi connectivity index (χ1v) is 14.0. The fourth-order valence-corrected chi connectivity index (χ4v) is 5.87. The van der Waals surface area contributed by atoms with E-state index in [1.807, 2.05) is 13.0 Å². The van der Waals surface area contributed by atoms with Crippen molar-refractivity contribution in [1.82, 2.24) is 14.9 Å². The largest absolute Gasteiger partial charge is 0.456 e. The van der Waals surface area contributed by atoms with E-state index in [1.165, 1.54) is 23.5 Å². The van der Waals surface area contributed by atoms with E-state index in [0.29, 0.717) is 46.1 Å². The summed E-state index contributed by atoms with van der Waals surface area (Å²) in [5.74, 6) is -0.852. The molecule has 0 spiro atoms. The molecule has 1 aliphatic rings. The normalized spacial score (nSPS) is 15.5. The number of pyridine rings is 1. The van der Waals surface area contributed by atoms with Crippen LogP contribution in [0.2, 0.25) is 0 Å². The predicted molar refractivity (Wildman–Crippen MR) is 144 cm³/mol. The van der Waals surface area contributed by atoms with E-state index in [9.17, 15) is 14.0 Å². The first kappa shape index (κ1) is 26.2. The molecule has 0 bridgehead atoms. The van der Waals surface area contributed by atoms with Gasteiger partial charge in [-0.25, -0.2) is 13.9 Å². The molecule has 0 unspecified atom stereocenters. The van der Waals surface area contributed by atoms with Crippen LogP contribution in [0.3, 0.4) is 0 Å². The van der Waals surface area contributed by atoms with Crippen LogP contribution in [0.25, 0.3) is 10.9 Å². The number of likely N-dealkylation sites (tertiary alicyclic amines) is 1. The molecule has 38 heavy (non-hydrogen) atoms. The Kier molecular flexibility index (Phi) is 8.24. The molecule has 1 N–H and O–H groups in total. The van der Waals surface area contributed by atoms with Gasteiger partial charge in [0.05, 0.1) is 11.3 Å². The van der Waals surface area contributed by atoms with Crippen molar-refractivity contribution in [1.29, 1.82) is 0 Å². The van der Waals surface area contributed by atoms with Gasteiger partial charge in [0.15, 0.2) is 23.4 Å². The molecule has 0 amide bonds. The number of H-pyrrole nitrogens is 1. The van der Waals surface area contributed by atoms with Gasteiger partial charge in [-0.2, -0.15) is 0 Å². The quantitative estimate of drug-likeness (QED) is 0.167. The minimum atomic E-state index is -0.490. The molecule has 4 aromatic rings. The second-order valence-corrected chi connectivity index (χ2v) is 10.5. The van der Waals surface area contributed by atoms with Gasteiger partial charge < -0.3 is 14.6 Å². The summed E-state index contributed by atoms with van der Waals surface area (Å²) in [4.78, 5) is 35.5. The number of rotatable bonds is 10. The third-order valence-corrected chi connectivity index (χ3v) is 8.01. The van der Waals surface area contributed by atoms with E-state index in [0.717, 1.165) is 38.9 Å². The van der Waals surface area contributed by atoms with Crippen LogP contribution in [0, 0.1) is 5.82 Å². The smallest absolute Gasteiger partial charge is 0.306 e. The number of halogens is 1. The summed E-state index contributed by atoms with van der Waals surface area (Å²) in [5.41, 5.74) is 1.59. The molecule has 0 saturated carbocycles. The van der Waals surface area contributed by atoms with Gasteiger partial charge in [0, 0.05) is 67.0 Å². The van der Waals surface area contributed by atoms with Crippen molar-refractivity contribution in [3.05, 3.63) is 82.5 Å². The van der Waals surface area contributed by atoms with Crippen LogP contribution in [0.4, 0.5) is 4.39 Å². The molecule has 1 fully saturated rings. The van der Waals surface area contributed by atoms with Crippen LogP contribution < -0.4 is 4.57 Å².